The molecule has 5 nitrogen and oxygen atoms in total. The average molecular weight is 280 g/mol. The molecule has 1 unspecified atom stereocenters. The maximum Gasteiger partial charge on any atom is 0.237 e. The van der Waals surface area contributed by atoms with Crippen molar-refractivity contribution in [3.05, 3.63) is 29.8 Å². The van der Waals surface area contributed by atoms with Crippen LogP contribution in [0.15, 0.2) is 24.3 Å². The molecule has 1 rings (SSSR count). The quantitative estimate of drug-likeness (QED) is 0.757. The molecule has 1 aromatic rings. The fourth-order valence-electron chi connectivity index (χ4n) is 1.67. The van der Waals surface area contributed by atoms with E-state index in [1.807, 2.05) is 20.8 Å². The Kier molecular flexibility index (Phi) is 5.53. The van der Waals surface area contributed by atoms with E-state index in [4.69, 9.17) is 10.5 Å². The molecule has 0 spiro atoms. The maximum atomic E-state index is 11.9. The summed E-state index contributed by atoms with van der Waals surface area (Å²) in [5, 5.41) is 12.7. The summed E-state index contributed by atoms with van der Waals surface area (Å²) >= 11 is 0. The zero-order chi connectivity index (χ0) is 15.3. The lowest BCUT2D eigenvalue weighted by atomic mass is 9.87. The van der Waals surface area contributed by atoms with Crippen LogP contribution < -0.4 is 15.8 Å². The zero-order valence-electron chi connectivity index (χ0n) is 12.5. The molecule has 0 fully saturated rings. The van der Waals surface area contributed by atoms with Crippen molar-refractivity contribution >= 4 is 5.91 Å². The zero-order valence-corrected chi connectivity index (χ0v) is 12.5. The third kappa shape index (κ3) is 4.51. The van der Waals surface area contributed by atoms with E-state index in [0.717, 1.165) is 0 Å². The second-order valence-corrected chi connectivity index (χ2v) is 5.88. The van der Waals surface area contributed by atoms with Gasteiger partial charge < -0.3 is 20.9 Å². The predicted molar refractivity (Wildman–Crippen MR) is 78.4 cm³/mol. The van der Waals surface area contributed by atoms with Gasteiger partial charge in [0.15, 0.2) is 0 Å². The lowest BCUT2D eigenvalue weighted by molar-refractivity contribution is -0.125. The van der Waals surface area contributed by atoms with E-state index in [2.05, 4.69) is 5.32 Å². The fraction of sp³-hybridized carbons (Fsp3) is 0.533. The normalized spacial score (nSPS) is 14.5. The first-order valence-corrected chi connectivity index (χ1v) is 6.61. The highest BCUT2D eigenvalue weighted by Crippen LogP contribution is 2.19. The summed E-state index contributed by atoms with van der Waals surface area (Å²) < 4.78 is 5.10. The molecule has 0 saturated heterocycles. The smallest absolute Gasteiger partial charge is 0.237 e. The van der Waals surface area contributed by atoms with Gasteiger partial charge in [-0.2, -0.15) is 0 Å². The van der Waals surface area contributed by atoms with E-state index in [9.17, 15) is 9.90 Å². The van der Waals surface area contributed by atoms with Crippen molar-refractivity contribution in [3.63, 3.8) is 0 Å². The van der Waals surface area contributed by atoms with Crippen molar-refractivity contribution < 1.29 is 14.6 Å². The van der Waals surface area contributed by atoms with Gasteiger partial charge in [0, 0.05) is 6.54 Å². The summed E-state index contributed by atoms with van der Waals surface area (Å²) in [5.74, 6) is 0.402. The van der Waals surface area contributed by atoms with E-state index in [1.165, 1.54) is 0 Å². The molecular weight excluding hydrogens is 256 g/mol. The SMILES string of the molecule is COc1cccc(C(O)CNC(=O)[C@@H](N)C(C)(C)C)c1. The molecular formula is C15H24N2O3. The molecule has 0 saturated carbocycles. The first kappa shape index (κ1) is 16.5. The first-order chi connectivity index (χ1) is 9.25. The van der Waals surface area contributed by atoms with Crippen LogP contribution in [-0.2, 0) is 4.79 Å². The van der Waals surface area contributed by atoms with Crippen LogP contribution in [0.4, 0.5) is 0 Å². The summed E-state index contributed by atoms with van der Waals surface area (Å²) in [6, 6.07) is 6.49. The molecule has 1 aromatic carbocycles. The van der Waals surface area contributed by atoms with Crippen LogP contribution in [-0.4, -0.2) is 30.7 Å². The number of hydrogen-bond acceptors (Lipinski definition) is 4. The van der Waals surface area contributed by atoms with Gasteiger partial charge in [-0.25, -0.2) is 0 Å². The molecule has 20 heavy (non-hydrogen) atoms. The lowest BCUT2D eigenvalue weighted by Crippen LogP contribution is -2.49. The topological polar surface area (TPSA) is 84.6 Å². The van der Waals surface area contributed by atoms with Crippen LogP contribution in [0.2, 0.25) is 0 Å². The first-order valence-electron chi connectivity index (χ1n) is 6.61. The van der Waals surface area contributed by atoms with Crippen LogP contribution in [0, 0.1) is 5.41 Å². The molecule has 0 aliphatic heterocycles. The maximum absolute atomic E-state index is 11.9. The van der Waals surface area contributed by atoms with Gasteiger partial charge >= 0.3 is 0 Å². The van der Waals surface area contributed by atoms with E-state index in [1.54, 1.807) is 31.4 Å². The van der Waals surface area contributed by atoms with Gasteiger partial charge in [-0.15, -0.1) is 0 Å². The lowest BCUT2D eigenvalue weighted by Gasteiger charge is -2.26. The Balaban J connectivity index is 2.59. The Morgan fingerprint density at radius 1 is 1.45 bits per heavy atom. The molecule has 112 valence electrons. The van der Waals surface area contributed by atoms with Crippen LogP contribution in [0.3, 0.4) is 0 Å². The highest BCUT2D eigenvalue weighted by Gasteiger charge is 2.27. The predicted octanol–water partition coefficient (Wildman–Crippen LogP) is 1.22. The minimum atomic E-state index is -0.791. The van der Waals surface area contributed by atoms with Crippen molar-refractivity contribution in [2.75, 3.05) is 13.7 Å². The summed E-state index contributed by atoms with van der Waals surface area (Å²) in [6.45, 7) is 5.82. The van der Waals surface area contributed by atoms with Crippen LogP contribution in [0.5, 0.6) is 5.75 Å². The Morgan fingerprint density at radius 2 is 2.10 bits per heavy atom. The second-order valence-electron chi connectivity index (χ2n) is 5.88. The summed E-state index contributed by atoms with van der Waals surface area (Å²) in [6.07, 6.45) is -0.791. The largest absolute Gasteiger partial charge is 0.497 e. The molecule has 0 bridgehead atoms. The van der Waals surface area contributed by atoms with Gasteiger partial charge in [0.05, 0.1) is 19.3 Å². The monoisotopic (exact) mass is 280 g/mol. The number of carbonyl (C=O) groups is 1. The van der Waals surface area contributed by atoms with Crippen molar-refractivity contribution in [2.24, 2.45) is 11.1 Å². The third-order valence-electron chi connectivity index (χ3n) is 3.16. The molecule has 5 heteroatoms. The fourth-order valence-corrected chi connectivity index (χ4v) is 1.67. The molecule has 4 N–H and O–H groups in total. The molecule has 0 aromatic heterocycles. The highest BCUT2D eigenvalue weighted by molar-refractivity contribution is 5.82. The van der Waals surface area contributed by atoms with Gasteiger partial charge in [0.25, 0.3) is 0 Å². The van der Waals surface area contributed by atoms with Crippen LogP contribution >= 0.6 is 0 Å². The van der Waals surface area contributed by atoms with Gasteiger partial charge in [-0.1, -0.05) is 32.9 Å². The molecule has 0 heterocycles. The Labute approximate surface area is 120 Å². The molecule has 0 aliphatic rings. The Morgan fingerprint density at radius 3 is 2.65 bits per heavy atom. The minimum Gasteiger partial charge on any atom is -0.497 e. The number of methoxy groups -OCH3 is 1. The number of benzene rings is 1. The Bertz CT molecular complexity index is 455. The number of aliphatic hydroxyl groups is 1. The number of carbonyl (C=O) groups excluding carboxylic acids is 1. The van der Waals surface area contributed by atoms with E-state index in [-0.39, 0.29) is 17.9 Å². The van der Waals surface area contributed by atoms with E-state index < -0.39 is 12.1 Å². The molecule has 0 radical (unpaired) electrons. The highest BCUT2D eigenvalue weighted by atomic mass is 16.5. The van der Waals surface area contributed by atoms with Crippen LogP contribution in [0.1, 0.15) is 32.4 Å². The van der Waals surface area contributed by atoms with Gasteiger partial charge in [0.2, 0.25) is 5.91 Å². The number of rotatable bonds is 5. The van der Waals surface area contributed by atoms with E-state index >= 15 is 0 Å². The number of hydrogen-bond donors (Lipinski definition) is 3. The molecule has 0 aliphatic carbocycles. The van der Waals surface area contributed by atoms with Gasteiger partial charge in [0.1, 0.15) is 5.75 Å². The second kappa shape index (κ2) is 6.72. The number of aliphatic hydroxyl groups excluding tert-OH is 1. The van der Waals surface area contributed by atoms with Crippen molar-refractivity contribution in [1.82, 2.24) is 5.32 Å². The van der Waals surface area contributed by atoms with Crippen molar-refractivity contribution in [2.45, 2.75) is 32.9 Å². The number of ether oxygens (including phenoxy) is 1. The number of nitrogens with one attached hydrogen (secondary N) is 1. The summed E-state index contributed by atoms with van der Waals surface area (Å²) in [7, 11) is 1.57. The van der Waals surface area contributed by atoms with Crippen molar-refractivity contribution in [3.8, 4) is 5.75 Å². The standard InChI is InChI=1S/C15H24N2O3/c1-15(2,3)13(16)14(19)17-9-12(18)10-6-5-7-11(8-10)20-4/h5-8,12-13,18H,9,16H2,1-4H3,(H,17,19)/t12?,13-/m1/s1. The third-order valence-corrected chi connectivity index (χ3v) is 3.16. The van der Waals surface area contributed by atoms with Gasteiger partial charge in [-0.3, -0.25) is 4.79 Å². The van der Waals surface area contributed by atoms with Crippen LogP contribution in [0.25, 0.3) is 0 Å². The molecule has 1 amide bonds. The minimum absolute atomic E-state index is 0.121. The van der Waals surface area contributed by atoms with Gasteiger partial charge in [-0.05, 0) is 23.1 Å². The Hall–Kier alpha value is -1.59. The average Bonchev–Trinajstić information content (AvgIpc) is 2.42. The van der Waals surface area contributed by atoms with Crippen molar-refractivity contribution in [1.29, 1.82) is 0 Å². The van der Waals surface area contributed by atoms with E-state index in [0.29, 0.717) is 11.3 Å². The summed E-state index contributed by atoms with van der Waals surface area (Å²) in [5.41, 5.74) is 6.23. The molecule has 2 atom stereocenters. The summed E-state index contributed by atoms with van der Waals surface area (Å²) in [4.78, 5) is 11.9. The number of nitrogens with two attached hydrogens (primary N) is 1. The number of amides is 1.